The molecule has 0 saturated heterocycles. The first-order chi connectivity index (χ1) is 27.5. The lowest BCUT2D eigenvalue weighted by atomic mass is 9.66. The molecule has 10 nitrogen and oxygen atoms in total. The second-order valence-electron chi connectivity index (χ2n) is 14.3. The predicted octanol–water partition coefficient (Wildman–Crippen LogP) is 8.32. The molecule has 59 heavy (non-hydrogen) atoms. The summed E-state index contributed by atoms with van der Waals surface area (Å²) in [6.07, 6.45) is -12.9. The Morgan fingerprint density at radius 1 is 0.695 bits per heavy atom. The summed E-state index contributed by atoms with van der Waals surface area (Å²) >= 11 is 0. The molecule has 16 heteroatoms. The summed E-state index contributed by atoms with van der Waals surface area (Å²) in [5.74, 6) is -4.92. The van der Waals surface area contributed by atoms with Crippen molar-refractivity contribution in [3.63, 3.8) is 0 Å². The normalized spacial score (nSPS) is 13.6. The zero-order valence-corrected chi connectivity index (χ0v) is 31.5. The van der Waals surface area contributed by atoms with Crippen molar-refractivity contribution in [2.24, 2.45) is 0 Å². The van der Waals surface area contributed by atoms with Crippen molar-refractivity contribution in [2.45, 2.75) is 49.7 Å². The van der Waals surface area contributed by atoms with Gasteiger partial charge in [-0.15, -0.1) is 0 Å². The number of hydrogen-bond donors (Lipinski definition) is 5. The largest absolute Gasteiger partial charge is 0.478 e. The SMILES string of the molecule is CNc1ccc(C2(c3ccc(NC(=O)c4cc(C(C)=O)c(C(=O)O)cc4OC=O)c(C(O)(C(F)(F)F)C(F)(F)F)c3)c3ccccc3-c3ccccc32)cc1C(C)(C)O. The van der Waals surface area contributed by atoms with E-state index in [0.717, 1.165) is 13.0 Å². The molecule has 0 atom stereocenters. The maximum atomic E-state index is 15.0. The van der Waals surface area contributed by atoms with Crippen LogP contribution in [0.25, 0.3) is 11.1 Å². The molecule has 6 rings (SSSR count). The van der Waals surface area contributed by atoms with Gasteiger partial charge in [0, 0.05) is 35.1 Å². The Labute approximate surface area is 332 Å². The average molecular weight is 821 g/mol. The standard InChI is InChI=1S/C43H34F6N2O8/c1-22(53)27-19-29(36(59-21-52)20-28(27)38(55)56)37(54)51-35-16-14-24(18-33(35)41(58,42(44,45)46)43(47,48)49)40(23-13-15-34(50-4)32(17-23)39(2,3)57)30-11-7-5-9-25(30)26-10-6-8-12-31(26)40/h5-21,50,57-58H,1-4H3,(H,51,54)(H,55,56). The van der Waals surface area contributed by atoms with Crippen LogP contribution < -0.4 is 15.4 Å². The number of ketones is 1. The number of carboxylic acids is 1. The third-order valence-electron chi connectivity index (χ3n) is 10.4. The zero-order chi connectivity index (χ0) is 43.5. The van der Waals surface area contributed by atoms with Crippen LogP contribution >= 0.6 is 0 Å². The summed E-state index contributed by atoms with van der Waals surface area (Å²) in [5, 5.41) is 36.9. The number of aromatic carboxylic acids is 1. The van der Waals surface area contributed by atoms with E-state index >= 15 is 0 Å². The van der Waals surface area contributed by atoms with Crippen molar-refractivity contribution < 1.29 is 65.6 Å². The molecule has 0 heterocycles. The van der Waals surface area contributed by atoms with Crippen LogP contribution in [0.3, 0.4) is 0 Å². The number of nitrogens with one attached hydrogen (secondary N) is 2. The predicted molar refractivity (Wildman–Crippen MR) is 203 cm³/mol. The van der Waals surface area contributed by atoms with Gasteiger partial charge in [0.05, 0.1) is 22.1 Å². The van der Waals surface area contributed by atoms with Crippen molar-refractivity contribution in [3.8, 4) is 16.9 Å². The quantitative estimate of drug-likeness (QED) is 0.0492. The Morgan fingerprint density at radius 2 is 1.20 bits per heavy atom. The first kappa shape index (κ1) is 42.1. The van der Waals surface area contributed by atoms with Gasteiger partial charge in [0.15, 0.2) is 5.78 Å². The van der Waals surface area contributed by atoms with E-state index in [-0.39, 0.29) is 12.0 Å². The summed E-state index contributed by atoms with van der Waals surface area (Å²) in [6.45, 7) is 3.71. The van der Waals surface area contributed by atoms with Crippen LogP contribution in [-0.4, -0.2) is 58.9 Å². The van der Waals surface area contributed by atoms with Gasteiger partial charge in [-0.2, -0.15) is 26.3 Å². The van der Waals surface area contributed by atoms with E-state index in [1.165, 1.54) is 19.9 Å². The van der Waals surface area contributed by atoms with Crippen molar-refractivity contribution in [1.29, 1.82) is 0 Å². The Bertz CT molecular complexity index is 2480. The molecule has 1 aliphatic rings. The number of ether oxygens (including phenoxy) is 1. The van der Waals surface area contributed by atoms with Gasteiger partial charge in [-0.05, 0) is 90.6 Å². The molecule has 0 fully saturated rings. The number of hydrogen-bond acceptors (Lipinski definition) is 8. The van der Waals surface area contributed by atoms with E-state index in [1.807, 2.05) is 5.32 Å². The van der Waals surface area contributed by atoms with Gasteiger partial charge in [0.25, 0.3) is 18.0 Å². The van der Waals surface area contributed by atoms with Crippen LogP contribution in [0, 0.1) is 0 Å². The Hall–Kier alpha value is -6.52. The van der Waals surface area contributed by atoms with Crippen molar-refractivity contribution in [1.82, 2.24) is 0 Å². The van der Waals surface area contributed by atoms with Gasteiger partial charge in [0.2, 0.25) is 0 Å². The van der Waals surface area contributed by atoms with Crippen molar-refractivity contribution in [3.05, 3.63) is 147 Å². The van der Waals surface area contributed by atoms with Crippen LogP contribution in [0.15, 0.2) is 97.1 Å². The summed E-state index contributed by atoms with van der Waals surface area (Å²) in [5.41, 5.74) is -11.2. The van der Waals surface area contributed by atoms with Crippen LogP contribution in [0.4, 0.5) is 37.7 Å². The number of alkyl halides is 6. The molecule has 0 bridgehead atoms. The first-order valence-corrected chi connectivity index (χ1v) is 17.6. The third-order valence-corrected chi connectivity index (χ3v) is 10.4. The highest BCUT2D eigenvalue weighted by atomic mass is 19.4. The number of Topliss-reactive ketones (excluding diaryl/α,β-unsaturated/α-hetero) is 1. The number of rotatable bonds is 11. The maximum absolute atomic E-state index is 15.0. The highest BCUT2D eigenvalue weighted by molar-refractivity contribution is 6.12. The smallest absolute Gasteiger partial charge is 0.430 e. The number of carboxylic acid groups (broad SMARTS) is 1. The fourth-order valence-corrected chi connectivity index (χ4v) is 7.74. The molecule has 5 aromatic carbocycles. The monoisotopic (exact) mass is 820 g/mol. The van der Waals surface area contributed by atoms with Crippen molar-refractivity contribution >= 4 is 35.5 Å². The van der Waals surface area contributed by atoms with Crippen LogP contribution in [0.5, 0.6) is 5.75 Å². The molecule has 5 N–H and O–H groups in total. The molecule has 0 spiro atoms. The van der Waals surface area contributed by atoms with Gasteiger partial charge in [0.1, 0.15) is 5.75 Å². The van der Waals surface area contributed by atoms with E-state index in [1.54, 1.807) is 73.8 Å². The summed E-state index contributed by atoms with van der Waals surface area (Å²) in [7, 11) is 1.60. The van der Waals surface area contributed by atoms with Gasteiger partial charge >= 0.3 is 18.3 Å². The lowest BCUT2D eigenvalue weighted by Gasteiger charge is -2.38. The minimum Gasteiger partial charge on any atom is -0.478 e. The highest BCUT2D eigenvalue weighted by Gasteiger charge is 2.72. The molecule has 0 unspecified atom stereocenters. The maximum Gasteiger partial charge on any atom is 0.430 e. The molecule has 0 radical (unpaired) electrons. The number of benzene rings is 5. The summed E-state index contributed by atoms with van der Waals surface area (Å²) in [4.78, 5) is 49.4. The summed E-state index contributed by atoms with van der Waals surface area (Å²) in [6, 6.07) is 22.0. The van der Waals surface area contributed by atoms with Gasteiger partial charge in [-0.25, -0.2) is 4.79 Å². The fourth-order valence-electron chi connectivity index (χ4n) is 7.74. The number of amides is 1. The molecule has 1 aliphatic carbocycles. The zero-order valence-electron chi connectivity index (χ0n) is 31.5. The van der Waals surface area contributed by atoms with Gasteiger partial charge in [-0.3, -0.25) is 14.4 Å². The number of halogens is 6. The molecule has 0 saturated carbocycles. The van der Waals surface area contributed by atoms with Crippen LogP contribution in [0.2, 0.25) is 0 Å². The van der Waals surface area contributed by atoms with Gasteiger partial charge in [-0.1, -0.05) is 60.7 Å². The lowest BCUT2D eigenvalue weighted by molar-refractivity contribution is -0.376. The Morgan fingerprint density at radius 3 is 1.66 bits per heavy atom. The Kier molecular flexibility index (Phi) is 10.5. The minimum absolute atomic E-state index is 0.219. The number of fused-ring (bicyclic) bond motifs is 3. The van der Waals surface area contributed by atoms with Gasteiger partial charge < -0.3 is 30.7 Å². The second kappa shape index (κ2) is 14.7. The fraction of sp³-hybridized carbons (Fsp3) is 0.209. The molecular formula is C43H34F6N2O8. The van der Waals surface area contributed by atoms with E-state index < -0.39 is 80.3 Å². The topological polar surface area (TPSA) is 162 Å². The molecule has 0 aromatic heterocycles. The number of carbonyl (C=O) groups is 4. The highest BCUT2D eigenvalue weighted by Crippen LogP contribution is 2.59. The first-order valence-electron chi connectivity index (χ1n) is 17.6. The average Bonchev–Trinajstić information content (AvgIpc) is 3.47. The molecule has 5 aromatic rings. The van der Waals surface area contributed by atoms with Crippen LogP contribution in [-0.2, 0) is 21.4 Å². The molecule has 1 amide bonds. The van der Waals surface area contributed by atoms with Crippen molar-refractivity contribution in [2.75, 3.05) is 17.7 Å². The molecular weight excluding hydrogens is 786 g/mol. The number of anilines is 2. The lowest BCUT2D eigenvalue weighted by Crippen LogP contribution is -2.54. The summed E-state index contributed by atoms with van der Waals surface area (Å²) < 4.78 is 94.5. The molecule has 306 valence electrons. The van der Waals surface area contributed by atoms with E-state index in [9.17, 15) is 60.8 Å². The minimum atomic E-state index is -6.46. The second-order valence-corrected chi connectivity index (χ2v) is 14.3. The molecule has 0 aliphatic heterocycles. The van der Waals surface area contributed by atoms with E-state index in [2.05, 4.69) is 5.32 Å². The Balaban J connectivity index is 1.71. The number of aliphatic hydroxyl groups is 2. The van der Waals surface area contributed by atoms with Crippen LogP contribution in [0.1, 0.15) is 85.2 Å². The van der Waals surface area contributed by atoms with E-state index in [4.69, 9.17) is 4.74 Å². The third kappa shape index (κ3) is 6.77. The van der Waals surface area contributed by atoms with E-state index in [0.29, 0.717) is 57.3 Å². The number of carbonyl (C=O) groups excluding carboxylic acids is 3.